The van der Waals surface area contributed by atoms with Crippen LogP contribution in [0, 0.1) is 18.7 Å². The number of aryl methyl sites for hydroxylation is 1. The molecule has 3 aliphatic rings. The highest BCUT2D eigenvalue weighted by atomic mass is 32.2. The number of sulfonamides is 1. The molecular weight excluding hydrogens is 421 g/mol. The molecule has 9 heteroatoms. The van der Waals surface area contributed by atoms with Gasteiger partial charge in [0.2, 0.25) is 5.91 Å². The molecule has 31 heavy (non-hydrogen) atoms. The first-order valence-corrected chi connectivity index (χ1v) is 11.4. The van der Waals surface area contributed by atoms with E-state index in [9.17, 15) is 22.4 Å². The van der Waals surface area contributed by atoms with Gasteiger partial charge in [-0.25, -0.2) is 21.9 Å². The third kappa shape index (κ3) is 3.11. The van der Waals surface area contributed by atoms with Crippen molar-refractivity contribution in [1.82, 2.24) is 9.21 Å². The third-order valence-electron chi connectivity index (χ3n) is 6.19. The standard InChI is InChI=1S/C22H20FN3O4S/c1-13-4-2-3-5-17(13)18-10-16-8-14(18)11-25(16)21(27)12-26-22(28)24-19-7-6-15(23)9-20(19)31(26,29)30/h2-7,9-10,14,16H,8,11-12H2,1H3,(H,24,28)/t14-,16-/m0/s1. The molecule has 2 atom stereocenters. The van der Waals surface area contributed by atoms with E-state index in [2.05, 4.69) is 17.5 Å². The Labute approximate surface area is 179 Å². The molecule has 0 unspecified atom stereocenters. The number of benzene rings is 2. The molecule has 3 amide bonds. The van der Waals surface area contributed by atoms with Crippen LogP contribution in [0.5, 0.6) is 0 Å². The van der Waals surface area contributed by atoms with Crippen LogP contribution in [0.1, 0.15) is 17.5 Å². The third-order valence-corrected chi connectivity index (χ3v) is 7.96. The lowest BCUT2D eigenvalue weighted by Gasteiger charge is -2.32. The Bertz CT molecular complexity index is 1260. The number of anilines is 1. The van der Waals surface area contributed by atoms with Crippen molar-refractivity contribution in [2.45, 2.75) is 24.3 Å². The summed E-state index contributed by atoms with van der Waals surface area (Å²) in [5.41, 5.74) is 3.54. The minimum Gasteiger partial charge on any atom is -0.334 e. The SMILES string of the molecule is Cc1ccccc1C1=C[C@@H]2C[C@H]1CN2C(=O)CN1C(=O)Nc2ccc(F)cc2S1(=O)=O. The first-order valence-electron chi connectivity index (χ1n) is 9.96. The Hall–Kier alpha value is -3.20. The summed E-state index contributed by atoms with van der Waals surface area (Å²) in [6.45, 7) is 1.90. The average molecular weight is 441 g/mol. The van der Waals surface area contributed by atoms with E-state index < -0.39 is 34.3 Å². The molecule has 0 saturated carbocycles. The summed E-state index contributed by atoms with van der Waals surface area (Å²) in [4.78, 5) is 26.6. The van der Waals surface area contributed by atoms with Gasteiger partial charge >= 0.3 is 6.03 Å². The second-order valence-electron chi connectivity index (χ2n) is 8.07. The Balaban J connectivity index is 1.37. The molecule has 1 N–H and O–H groups in total. The van der Waals surface area contributed by atoms with E-state index in [4.69, 9.17) is 0 Å². The van der Waals surface area contributed by atoms with Crippen molar-refractivity contribution in [3.8, 4) is 0 Å². The van der Waals surface area contributed by atoms with Gasteiger partial charge in [0.05, 0.1) is 11.7 Å². The van der Waals surface area contributed by atoms with Gasteiger partial charge in [0.1, 0.15) is 17.3 Å². The Morgan fingerprint density at radius 2 is 2.00 bits per heavy atom. The van der Waals surface area contributed by atoms with Crippen LogP contribution in [0.25, 0.3) is 5.57 Å². The molecule has 1 saturated heterocycles. The van der Waals surface area contributed by atoms with Crippen LogP contribution in [-0.4, -0.2) is 48.7 Å². The zero-order valence-corrected chi connectivity index (χ0v) is 17.5. The smallest absolute Gasteiger partial charge is 0.334 e. The fourth-order valence-electron chi connectivity index (χ4n) is 4.67. The van der Waals surface area contributed by atoms with Crippen molar-refractivity contribution in [1.29, 1.82) is 0 Å². The maximum atomic E-state index is 13.6. The topological polar surface area (TPSA) is 86.8 Å². The first kappa shape index (κ1) is 19.7. The Morgan fingerprint density at radius 3 is 2.71 bits per heavy atom. The molecular formula is C22H20FN3O4S. The fraction of sp³-hybridized carbons (Fsp3) is 0.273. The van der Waals surface area contributed by atoms with Gasteiger partial charge in [-0.2, -0.15) is 0 Å². The number of urea groups is 1. The van der Waals surface area contributed by atoms with Gasteiger partial charge in [-0.15, -0.1) is 0 Å². The number of amides is 3. The van der Waals surface area contributed by atoms with Gasteiger partial charge in [0.25, 0.3) is 10.0 Å². The van der Waals surface area contributed by atoms with Gasteiger partial charge in [-0.3, -0.25) is 4.79 Å². The van der Waals surface area contributed by atoms with Crippen LogP contribution in [0.4, 0.5) is 14.9 Å². The lowest BCUT2D eigenvalue weighted by Crippen LogP contribution is -2.50. The fourth-order valence-corrected chi connectivity index (χ4v) is 6.12. The molecule has 0 aromatic heterocycles. The molecule has 7 nitrogen and oxygen atoms in total. The number of carbonyl (C=O) groups is 2. The summed E-state index contributed by atoms with van der Waals surface area (Å²) in [5.74, 6) is -1.02. The van der Waals surface area contributed by atoms with E-state index in [1.165, 1.54) is 22.8 Å². The molecule has 0 spiro atoms. The van der Waals surface area contributed by atoms with Crippen LogP contribution in [0.3, 0.4) is 0 Å². The quantitative estimate of drug-likeness (QED) is 0.794. The van der Waals surface area contributed by atoms with Crippen LogP contribution in [0.2, 0.25) is 0 Å². The monoisotopic (exact) mass is 441 g/mol. The van der Waals surface area contributed by atoms with Crippen molar-refractivity contribution >= 4 is 33.2 Å². The van der Waals surface area contributed by atoms with Crippen LogP contribution in [-0.2, 0) is 14.8 Å². The average Bonchev–Trinajstić information content (AvgIpc) is 3.33. The van der Waals surface area contributed by atoms with Crippen molar-refractivity contribution in [2.24, 2.45) is 5.92 Å². The highest BCUT2D eigenvalue weighted by molar-refractivity contribution is 7.90. The number of hydrogen-bond acceptors (Lipinski definition) is 4. The number of halogens is 1. The largest absolute Gasteiger partial charge is 0.336 e. The number of carbonyl (C=O) groups excluding carboxylic acids is 2. The maximum Gasteiger partial charge on any atom is 0.336 e. The Kier molecular flexibility index (Phi) is 4.40. The lowest BCUT2D eigenvalue weighted by molar-refractivity contribution is -0.131. The van der Waals surface area contributed by atoms with E-state index in [1.807, 2.05) is 25.1 Å². The second kappa shape index (κ2) is 6.91. The Morgan fingerprint density at radius 1 is 1.23 bits per heavy atom. The van der Waals surface area contributed by atoms with Crippen molar-refractivity contribution in [3.05, 3.63) is 65.5 Å². The molecule has 5 rings (SSSR count). The van der Waals surface area contributed by atoms with E-state index in [-0.39, 0.29) is 22.5 Å². The van der Waals surface area contributed by atoms with Crippen molar-refractivity contribution in [3.63, 3.8) is 0 Å². The maximum absolute atomic E-state index is 13.6. The molecule has 2 aromatic carbocycles. The number of fused-ring (bicyclic) bond motifs is 3. The highest BCUT2D eigenvalue weighted by Crippen LogP contribution is 2.43. The molecule has 1 aliphatic carbocycles. The van der Waals surface area contributed by atoms with Gasteiger partial charge < -0.3 is 10.2 Å². The summed E-state index contributed by atoms with van der Waals surface area (Å²) in [7, 11) is -4.33. The number of likely N-dealkylation sites (tertiary alicyclic amines) is 1. The molecule has 0 radical (unpaired) electrons. The van der Waals surface area contributed by atoms with Crippen LogP contribution >= 0.6 is 0 Å². The molecule has 2 bridgehead atoms. The summed E-state index contributed by atoms with van der Waals surface area (Å²) in [5, 5.41) is 2.42. The van der Waals surface area contributed by atoms with E-state index in [0.717, 1.165) is 18.6 Å². The molecule has 1 fully saturated rings. The molecule has 2 aromatic rings. The summed E-state index contributed by atoms with van der Waals surface area (Å²) < 4.78 is 39.8. The zero-order chi connectivity index (χ0) is 21.9. The highest BCUT2D eigenvalue weighted by Gasteiger charge is 2.44. The van der Waals surface area contributed by atoms with E-state index in [0.29, 0.717) is 10.8 Å². The molecule has 160 valence electrons. The number of rotatable bonds is 3. The van der Waals surface area contributed by atoms with Crippen molar-refractivity contribution in [2.75, 3.05) is 18.4 Å². The molecule has 2 aliphatic heterocycles. The minimum absolute atomic E-state index is 0.00105. The van der Waals surface area contributed by atoms with Gasteiger partial charge in [-0.1, -0.05) is 30.3 Å². The molecule has 2 heterocycles. The number of hydrogen-bond donors (Lipinski definition) is 1. The van der Waals surface area contributed by atoms with E-state index in [1.54, 1.807) is 4.90 Å². The predicted octanol–water partition coefficient (Wildman–Crippen LogP) is 2.98. The van der Waals surface area contributed by atoms with E-state index >= 15 is 0 Å². The van der Waals surface area contributed by atoms with Crippen LogP contribution in [0.15, 0.2) is 53.4 Å². The second-order valence-corrected chi connectivity index (χ2v) is 9.90. The summed E-state index contributed by atoms with van der Waals surface area (Å²) >= 11 is 0. The zero-order valence-electron chi connectivity index (χ0n) is 16.7. The van der Waals surface area contributed by atoms with Crippen LogP contribution < -0.4 is 5.32 Å². The lowest BCUT2D eigenvalue weighted by atomic mass is 9.92. The first-order chi connectivity index (χ1) is 14.8. The summed E-state index contributed by atoms with van der Waals surface area (Å²) in [6.07, 6.45) is 2.84. The summed E-state index contributed by atoms with van der Waals surface area (Å²) in [6, 6.07) is 10.1. The van der Waals surface area contributed by atoms with Gasteiger partial charge in [0.15, 0.2) is 0 Å². The predicted molar refractivity (Wildman–Crippen MR) is 112 cm³/mol. The van der Waals surface area contributed by atoms with Crippen molar-refractivity contribution < 1.29 is 22.4 Å². The number of nitrogens with zero attached hydrogens (tertiary/aromatic N) is 2. The van der Waals surface area contributed by atoms with Gasteiger partial charge in [0, 0.05) is 12.5 Å². The number of nitrogens with one attached hydrogen (secondary N) is 1. The normalized spacial score (nSPS) is 23.4. The minimum atomic E-state index is -4.33. The van der Waals surface area contributed by atoms with Gasteiger partial charge in [-0.05, 0) is 48.2 Å².